The molecule has 1 atom stereocenters. The smallest absolute Gasteiger partial charge is 0.245 e. The molecule has 0 bridgehead atoms. The number of para-hydroxylation sites is 1. The maximum atomic E-state index is 13.1. The van der Waals surface area contributed by atoms with Gasteiger partial charge in [0.1, 0.15) is 4.90 Å². The van der Waals surface area contributed by atoms with Gasteiger partial charge in [0, 0.05) is 30.7 Å². The molecule has 0 amide bonds. The van der Waals surface area contributed by atoms with Crippen LogP contribution < -0.4 is 5.73 Å². The molecule has 2 heterocycles. The van der Waals surface area contributed by atoms with Gasteiger partial charge < -0.3 is 5.73 Å². The number of sulfonamides is 1. The zero-order valence-corrected chi connectivity index (χ0v) is 13.5. The molecule has 1 aromatic heterocycles. The van der Waals surface area contributed by atoms with Crippen LogP contribution in [0.3, 0.4) is 0 Å². The van der Waals surface area contributed by atoms with Crippen LogP contribution in [0.5, 0.6) is 0 Å². The highest BCUT2D eigenvalue weighted by molar-refractivity contribution is 7.89. The minimum absolute atomic E-state index is 0.112. The minimum Gasteiger partial charge on any atom is -0.329 e. The lowest BCUT2D eigenvalue weighted by molar-refractivity contribution is 0.258. The van der Waals surface area contributed by atoms with Gasteiger partial charge in [-0.2, -0.15) is 4.31 Å². The molecule has 0 saturated carbocycles. The highest BCUT2D eigenvalue weighted by Crippen LogP contribution is 2.29. The average Bonchev–Trinajstić information content (AvgIpc) is 2.53. The van der Waals surface area contributed by atoms with Gasteiger partial charge in [0.25, 0.3) is 0 Å². The first-order valence-electron chi connectivity index (χ1n) is 7.61. The molecule has 0 spiro atoms. The lowest BCUT2D eigenvalue weighted by Crippen LogP contribution is -2.47. The third kappa shape index (κ3) is 2.62. The lowest BCUT2D eigenvalue weighted by Gasteiger charge is -2.34. The van der Waals surface area contributed by atoms with Gasteiger partial charge >= 0.3 is 0 Å². The normalized spacial score (nSPS) is 20.4. The standard InChI is InChI=1S/C16H21N3O2S/c1-12-9-13-5-4-7-15(16(13)18-11-12)22(20,21)19-8-3-2-6-14(19)10-17/h4-5,7,9,11,14H,2-3,6,8,10,17H2,1H3. The van der Waals surface area contributed by atoms with Crippen molar-refractivity contribution in [3.05, 3.63) is 36.0 Å². The van der Waals surface area contributed by atoms with Crippen LogP contribution >= 0.6 is 0 Å². The quantitative estimate of drug-likeness (QED) is 0.939. The zero-order valence-electron chi connectivity index (χ0n) is 12.7. The van der Waals surface area contributed by atoms with Crippen molar-refractivity contribution < 1.29 is 8.42 Å². The SMILES string of the molecule is Cc1cnc2c(S(=O)(=O)N3CCCCC3CN)cccc2c1. The summed E-state index contributed by atoms with van der Waals surface area (Å²) in [5.41, 5.74) is 7.33. The second-order valence-corrected chi connectivity index (χ2v) is 7.70. The fraction of sp³-hybridized carbons (Fsp3) is 0.438. The maximum Gasteiger partial charge on any atom is 0.245 e. The molecule has 0 radical (unpaired) electrons. The highest BCUT2D eigenvalue weighted by atomic mass is 32.2. The van der Waals surface area contributed by atoms with E-state index in [-0.39, 0.29) is 10.9 Å². The van der Waals surface area contributed by atoms with Crippen molar-refractivity contribution in [3.63, 3.8) is 0 Å². The van der Waals surface area contributed by atoms with E-state index in [1.54, 1.807) is 22.6 Å². The van der Waals surface area contributed by atoms with Gasteiger partial charge in [-0.1, -0.05) is 18.6 Å². The molecule has 118 valence electrons. The van der Waals surface area contributed by atoms with Crippen LogP contribution in [0.1, 0.15) is 24.8 Å². The van der Waals surface area contributed by atoms with E-state index in [4.69, 9.17) is 5.73 Å². The van der Waals surface area contributed by atoms with Crippen LogP contribution in [0.25, 0.3) is 10.9 Å². The fourth-order valence-electron chi connectivity index (χ4n) is 3.10. The number of pyridine rings is 1. The molecular formula is C16H21N3O2S. The number of aromatic nitrogens is 1. The van der Waals surface area contributed by atoms with Crippen molar-refractivity contribution in [2.24, 2.45) is 5.73 Å². The van der Waals surface area contributed by atoms with Crippen LogP contribution in [0, 0.1) is 6.92 Å². The van der Waals surface area contributed by atoms with Crippen LogP contribution in [0.4, 0.5) is 0 Å². The van der Waals surface area contributed by atoms with Crippen LogP contribution in [0.2, 0.25) is 0 Å². The summed E-state index contributed by atoms with van der Waals surface area (Å²) in [5, 5.41) is 0.849. The number of nitrogens with two attached hydrogens (primary N) is 1. The van der Waals surface area contributed by atoms with Crippen molar-refractivity contribution >= 4 is 20.9 Å². The Morgan fingerprint density at radius 2 is 2.18 bits per heavy atom. The highest BCUT2D eigenvalue weighted by Gasteiger charge is 2.33. The molecule has 1 saturated heterocycles. The van der Waals surface area contributed by atoms with Crippen molar-refractivity contribution in [2.45, 2.75) is 37.1 Å². The molecule has 1 aromatic carbocycles. The molecule has 3 rings (SSSR count). The number of nitrogens with zero attached hydrogens (tertiary/aromatic N) is 2. The summed E-state index contributed by atoms with van der Waals surface area (Å²) in [4.78, 5) is 4.64. The number of benzene rings is 1. The minimum atomic E-state index is -3.57. The van der Waals surface area contributed by atoms with Crippen molar-refractivity contribution in [3.8, 4) is 0 Å². The first kappa shape index (κ1) is 15.4. The third-order valence-corrected chi connectivity index (χ3v) is 6.23. The number of piperidine rings is 1. The summed E-state index contributed by atoms with van der Waals surface area (Å²) in [6.45, 7) is 2.84. The lowest BCUT2D eigenvalue weighted by atomic mass is 10.1. The van der Waals surface area contributed by atoms with E-state index in [2.05, 4.69) is 4.98 Å². The third-order valence-electron chi connectivity index (χ3n) is 4.24. The van der Waals surface area contributed by atoms with Crippen LogP contribution in [-0.2, 0) is 10.0 Å². The van der Waals surface area contributed by atoms with E-state index in [9.17, 15) is 8.42 Å². The van der Waals surface area contributed by atoms with Gasteiger partial charge in [0.05, 0.1) is 5.52 Å². The topological polar surface area (TPSA) is 76.3 Å². The van der Waals surface area contributed by atoms with E-state index in [0.29, 0.717) is 18.6 Å². The zero-order chi connectivity index (χ0) is 15.7. The van der Waals surface area contributed by atoms with Gasteiger partial charge in [-0.3, -0.25) is 4.98 Å². The van der Waals surface area contributed by atoms with Gasteiger partial charge in [0.15, 0.2) is 0 Å². The Morgan fingerprint density at radius 3 is 2.95 bits per heavy atom. The summed E-state index contributed by atoms with van der Waals surface area (Å²) >= 11 is 0. The van der Waals surface area contributed by atoms with E-state index >= 15 is 0 Å². The maximum absolute atomic E-state index is 13.1. The number of aryl methyl sites for hydroxylation is 1. The summed E-state index contributed by atoms with van der Waals surface area (Å²) in [5.74, 6) is 0. The molecule has 1 aliphatic heterocycles. The fourth-order valence-corrected chi connectivity index (χ4v) is 4.97. The molecule has 22 heavy (non-hydrogen) atoms. The van der Waals surface area contributed by atoms with E-state index in [0.717, 1.165) is 30.2 Å². The van der Waals surface area contributed by atoms with Gasteiger partial charge in [0.2, 0.25) is 10.0 Å². The molecule has 2 aromatic rings. The van der Waals surface area contributed by atoms with Crippen molar-refractivity contribution in [1.82, 2.24) is 9.29 Å². The monoisotopic (exact) mass is 319 g/mol. The number of fused-ring (bicyclic) bond motifs is 1. The molecule has 5 nitrogen and oxygen atoms in total. The van der Waals surface area contributed by atoms with Crippen LogP contribution in [-0.4, -0.2) is 36.8 Å². The Kier molecular flexibility index (Phi) is 4.16. The number of hydrogen-bond acceptors (Lipinski definition) is 4. The molecule has 0 aliphatic carbocycles. The summed E-state index contributed by atoms with van der Waals surface area (Å²) in [7, 11) is -3.57. The Hall–Kier alpha value is -1.50. The predicted octanol–water partition coefficient (Wildman–Crippen LogP) is 2.05. The first-order chi connectivity index (χ1) is 10.5. The second kappa shape index (κ2) is 5.95. The largest absolute Gasteiger partial charge is 0.329 e. The average molecular weight is 319 g/mol. The molecule has 6 heteroatoms. The molecule has 1 aliphatic rings. The van der Waals surface area contributed by atoms with Gasteiger partial charge in [-0.15, -0.1) is 0 Å². The Bertz CT molecular complexity index is 789. The first-order valence-corrected chi connectivity index (χ1v) is 9.05. The predicted molar refractivity (Wildman–Crippen MR) is 87.1 cm³/mol. The Morgan fingerprint density at radius 1 is 1.36 bits per heavy atom. The molecule has 1 unspecified atom stereocenters. The molecule has 2 N–H and O–H groups in total. The Balaban J connectivity index is 2.13. The summed E-state index contributed by atoms with van der Waals surface area (Å²) in [6, 6.07) is 7.16. The Labute approximate surface area is 131 Å². The van der Waals surface area contributed by atoms with E-state index in [1.165, 1.54) is 0 Å². The van der Waals surface area contributed by atoms with Crippen molar-refractivity contribution in [1.29, 1.82) is 0 Å². The van der Waals surface area contributed by atoms with Gasteiger partial charge in [-0.25, -0.2) is 8.42 Å². The molecule has 1 fully saturated rings. The van der Waals surface area contributed by atoms with E-state index in [1.807, 2.05) is 19.1 Å². The van der Waals surface area contributed by atoms with Crippen molar-refractivity contribution in [2.75, 3.05) is 13.1 Å². The second-order valence-electron chi connectivity index (χ2n) is 5.84. The van der Waals surface area contributed by atoms with Crippen LogP contribution in [0.15, 0.2) is 35.4 Å². The number of rotatable bonds is 3. The summed E-state index contributed by atoms with van der Waals surface area (Å²) < 4.78 is 27.7. The van der Waals surface area contributed by atoms with Gasteiger partial charge in [-0.05, 0) is 37.5 Å². The number of hydrogen-bond donors (Lipinski definition) is 1. The van der Waals surface area contributed by atoms with E-state index < -0.39 is 10.0 Å². The summed E-state index contributed by atoms with van der Waals surface area (Å²) in [6.07, 6.45) is 4.44. The molecular weight excluding hydrogens is 298 g/mol.